The Kier molecular flexibility index (Phi) is 5.37. The van der Waals surface area contributed by atoms with Crippen molar-refractivity contribution in [1.29, 1.82) is 0 Å². The summed E-state index contributed by atoms with van der Waals surface area (Å²) in [7, 11) is 1.70. The van der Waals surface area contributed by atoms with Crippen molar-refractivity contribution in [2.45, 2.75) is 62.0 Å². The van der Waals surface area contributed by atoms with Gasteiger partial charge in [-0.1, -0.05) is 36.9 Å². The van der Waals surface area contributed by atoms with Crippen molar-refractivity contribution < 1.29 is 14.4 Å². The monoisotopic (exact) mass is 457 g/mol. The molecular formula is C28H27NO3S. The number of allylic oxidation sites excluding steroid dienone is 6. The van der Waals surface area contributed by atoms with E-state index in [1.54, 1.807) is 7.11 Å². The smallest absolute Gasteiger partial charge is 0.331 e. The number of nitrogens with zero attached hydrogens (tertiary/aromatic N) is 1. The van der Waals surface area contributed by atoms with E-state index in [4.69, 9.17) is 9.57 Å². The largest absolute Gasteiger partial charge is 0.496 e. The van der Waals surface area contributed by atoms with Crippen LogP contribution in [-0.2, 0) is 19.8 Å². The van der Waals surface area contributed by atoms with E-state index < -0.39 is 5.97 Å². The maximum Gasteiger partial charge on any atom is 0.331 e. The fraction of sp³-hybridized carbons (Fsp3) is 0.357. The van der Waals surface area contributed by atoms with E-state index in [2.05, 4.69) is 61.2 Å². The summed E-state index contributed by atoms with van der Waals surface area (Å²) in [5, 5.41) is 4.39. The van der Waals surface area contributed by atoms with Crippen molar-refractivity contribution in [3.8, 4) is 11.8 Å². The lowest BCUT2D eigenvalue weighted by molar-refractivity contribution is -0.140. The van der Waals surface area contributed by atoms with E-state index >= 15 is 0 Å². The Morgan fingerprint density at radius 3 is 2.85 bits per heavy atom. The van der Waals surface area contributed by atoms with E-state index in [0.29, 0.717) is 5.25 Å². The van der Waals surface area contributed by atoms with Crippen molar-refractivity contribution in [1.82, 2.24) is 0 Å². The lowest BCUT2D eigenvalue weighted by atomic mass is 9.76. The average Bonchev–Trinajstić information content (AvgIpc) is 3.16. The predicted octanol–water partition coefficient (Wildman–Crippen LogP) is 6.05. The number of methoxy groups -OCH3 is 1. The molecule has 1 aromatic rings. The molecule has 0 bridgehead atoms. The van der Waals surface area contributed by atoms with Gasteiger partial charge in [0.15, 0.2) is 0 Å². The van der Waals surface area contributed by atoms with Crippen LogP contribution in [0.1, 0.15) is 63.1 Å². The van der Waals surface area contributed by atoms with Crippen molar-refractivity contribution in [3.63, 3.8) is 0 Å². The Bertz CT molecular complexity index is 1280. The van der Waals surface area contributed by atoms with E-state index in [1.807, 2.05) is 24.8 Å². The van der Waals surface area contributed by atoms with Gasteiger partial charge in [0.2, 0.25) is 0 Å². The molecule has 0 radical (unpaired) electrons. The highest BCUT2D eigenvalue weighted by Gasteiger charge is 2.45. The van der Waals surface area contributed by atoms with Crippen LogP contribution < -0.4 is 0 Å². The molecule has 1 heterocycles. The van der Waals surface area contributed by atoms with Gasteiger partial charge >= 0.3 is 5.97 Å². The van der Waals surface area contributed by atoms with Gasteiger partial charge in [0.05, 0.1) is 18.7 Å². The zero-order valence-electron chi connectivity index (χ0n) is 19.6. The zero-order valence-corrected chi connectivity index (χ0v) is 20.4. The highest BCUT2D eigenvalue weighted by molar-refractivity contribution is 8.00. The normalized spacial score (nSPS) is 26.8. The molecule has 5 rings (SSSR count). The molecule has 5 heteroatoms. The Morgan fingerprint density at radius 2 is 2.12 bits per heavy atom. The number of benzene rings is 1. The Balaban J connectivity index is 1.59. The number of fused-ring (bicyclic) bond motifs is 6. The van der Waals surface area contributed by atoms with E-state index in [-0.39, 0.29) is 11.3 Å². The number of carbonyl (C=O) groups excluding carboxylic acids is 1. The summed E-state index contributed by atoms with van der Waals surface area (Å²) in [4.78, 5) is 17.3. The molecule has 3 atom stereocenters. The van der Waals surface area contributed by atoms with Gasteiger partial charge in [-0.25, -0.2) is 4.79 Å². The topological polar surface area (TPSA) is 47.9 Å². The molecular weight excluding hydrogens is 430 g/mol. The van der Waals surface area contributed by atoms with Crippen molar-refractivity contribution in [2.75, 3.05) is 7.11 Å². The summed E-state index contributed by atoms with van der Waals surface area (Å²) < 4.78 is 5.56. The van der Waals surface area contributed by atoms with Crippen molar-refractivity contribution in [3.05, 3.63) is 70.0 Å². The molecule has 33 heavy (non-hydrogen) atoms. The third-order valence-corrected chi connectivity index (χ3v) is 8.53. The molecule has 0 saturated heterocycles. The third-order valence-electron chi connectivity index (χ3n) is 7.21. The van der Waals surface area contributed by atoms with Gasteiger partial charge < -0.3 is 9.57 Å². The maximum atomic E-state index is 11.2. The molecule has 0 saturated carbocycles. The molecule has 0 spiro atoms. The first kappa shape index (κ1) is 21.9. The zero-order chi connectivity index (χ0) is 23.3. The van der Waals surface area contributed by atoms with Gasteiger partial charge in [0.25, 0.3) is 0 Å². The van der Waals surface area contributed by atoms with E-state index in [9.17, 15) is 4.79 Å². The molecule has 1 aromatic carbocycles. The highest BCUT2D eigenvalue weighted by atomic mass is 32.2. The SMILES string of the molecule is CCC1(C)C2=CC(OC)=CC#CC2c2cc3c(cc21)C1=CC(/C(C)=N/OC(C)=O)=CCC1S3. The van der Waals surface area contributed by atoms with Crippen LogP contribution in [0, 0.1) is 11.8 Å². The van der Waals surface area contributed by atoms with Crippen molar-refractivity contribution in [2.24, 2.45) is 5.16 Å². The molecule has 0 N–H and O–H groups in total. The van der Waals surface area contributed by atoms with Crippen LogP contribution >= 0.6 is 11.8 Å². The van der Waals surface area contributed by atoms with E-state index in [1.165, 1.54) is 39.7 Å². The molecule has 3 unspecified atom stereocenters. The van der Waals surface area contributed by atoms with Gasteiger partial charge in [-0.05, 0) is 77.5 Å². The van der Waals surface area contributed by atoms with Gasteiger partial charge in [0.1, 0.15) is 5.76 Å². The lowest BCUT2D eigenvalue weighted by Crippen LogP contribution is -2.20. The molecule has 0 amide bonds. The number of rotatable bonds is 4. The van der Waals surface area contributed by atoms with Crippen LogP contribution in [0.2, 0.25) is 0 Å². The average molecular weight is 458 g/mol. The van der Waals surface area contributed by atoms with Gasteiger partial charge in [-0.3, -0.25) is 0 Å². The van der Waals surface area contributed by atoms with E-state index in [0.717, 1.165) is 29.9 Å². The van der Waals surface area contributed by atoms with Gasteiger partial charge in [-0.2, -0.15) is 0 Å². The minimum Gasteiger partial charge on any atom is -0.496 e. The number of hydrogen-bond acceptors (Lipinski definition) is 5. The molecule has 0 aromatic heterocycles. The molecule has 3 aliphatic carbocycles. The quantitative estimate of drug-likeness (QED) is 0.239. The lowest BCUT2D eigenvalue weighted by Gasteiger charge is -2.27. The minimum absolute atomic E-state index is 0.0883. The number of hydrogen-bond donors (Lipinski definition) is 0. The summed E-state index contributed by atoms with van der Waals surface area (Å²) in [6.45, 7) is 7.83. The first-order chi connectivity index (χ1) is 15.9. The van der Waals surface area contributed by atoms with Crippen LogP contribution in [0.4, 0.5) is 0 Å². The van der Waals surface area contributed by atoms with Gasteiger partial charge in [-0.15, -0.1) is 11.8 Å². The number of carbonyl (C=O) groups is 1. The number of oxime groups is 1. The fourth-order valence-corrected chi connectivity index (χ4v) is 6.53. The molecule has 168 valence electrons. The predicted molar refractivity (Wildman–Crippen MR) is 133 cm³/mol. The van der Waals surface area contributed by atoms with Gasteiger partial charge in [0, 0.05) is 28.6 Å². The second-order valence-electron chi connectivity index (χ2n) is 9.05. The summed E-state index contributed by atoms with van der Waals surface area (Å²) in [6.07, 6.45) is 10.4. The Morgan fingerprint density at radius 1 is 1.30 bits per heavy atom. The van der Waals surface area contributed by atoms with Crippen molar-refractivity contribution >= 4 is 29.0 Å². The molecule has 4 aliphatic rings. The standard InChI is InChI=1S/C28H27NO3S/c1-6-28(4)24-13-19(31-5)8-7-9-20(24)21-15-27-23(14-25(21)28)22-12-18(10-11-26(22)33-27)16(2)29-32-17(3)30/h8,10,12-15,20,26H,6,11H2,1-5H3/b29-16+. The third kappa shape index (κ3) is 3.48. The minimum atomic E-state index is -0.409. The summed E-state index contributed by atoms with van der Waals surface area (Å²) >= 11 is 1.93. The second kappa shape index (κ2) is 8.11. The Labute approximate surface area is 199 Å². The summed E-state index contributed by atoms with van der Waals surface area (Å²) in [5.41, 5.74) is 8.31. The molecule has 4 nitrogen and oxygen atoms in total. The number of ether oxygens (including phenoxy) is 1. The first-order valence-corrected chi connectivity index (χ1v) is 12.2. The van der Waals surface area contributed by atoms with Crippen LogP contribution in [0.3, 0.4) is 0 Å². The summed E-state index contributed by atoms with van der Waals surface area (Å²) in [6, 6.07) is 4.78. The molecule has 1 aliphatic heterocycles. The van der Waals surface area contributed by atoms with Crippen LogP contribution in [0.5, 0.6) is 0 Å². The van der Waals surface area contributed by atoms with Crippen LogP contribution in [-0.4, -0.2) is 24.0 Å². The first-order valence-electron chi connectivity index (χ1n) is 11.3. The second-order valence-corrected chi connectivity index (χ2v) is 10.3. The van der Waals surface area contributed by atoms with Crippen LogP contribution in [0.15, 0.2) is 63.4 Å². The summed E-state index contributed by atoms with van der Waals surface area (Å²) in [5.74, 6) is 7.21. The highest BCUT2D eigenvalue weighted by Crippen LogP contribution is 2.57. The van der Waals surface area contributed by atoms with Crippen LogP contribution in [0.25, 0.3) is 5.57 Å². The maximum absolute atomic E-state index is 11.2. The number of thioether (sulfide) groups is 1. The molecule has 0 fully saturated rings. The fourth-order valence-electron chi connectivity index (χ4n) is 5.21. The Hall–Kier alpha value is -2.97.